The number of benzene rings is 1. The molecular weight excluding hydrogens is 373 g/mol. The van der Waals surface area contributed by atoms with Crippen molar-refractivity contribution in [1.29, 1.82) is 0 Å². The van der Waals surface area contributed by atoms with Crippen molar-refractivity contribution in [1.82, 2.24) is 4.31 Å². The van der Waals surface area contributed by atoms with Crippen LogP contribution in [0.5, 0.6) is 0 Å². The first-order valence-corrected chi connectivity index (χ1v) is 9.63. The number of amides is 1. The summed E-state index contributed by atoms with van der Waals surface area (Å²) in [7, 11) is -3.67. The second-order valence-corrected chi connectivity index (χ2v) is 7.99. The van der Waals surface area contributed by atoms with Crippen molar-refractivity contribution in [2.75, 3.05) is 25.0 Å². The molecule has 1 amide bonds. The van der Waals surface area contributed by atoms with Gasteiger partial charge >= 0.3 is 6.18 Å². The topological polar surface area (TPSA) is 75.7 Å². The van der Waals surface area contributed by atoms with Gasteiger partial charge < -0.3 is 10.1 Å². The van der Waals surface area contributed by atoms with Gasteiger partial charge in [-0.15, -0.1) is 0 Å². The Labute approximate surface area is 150 Å². The number of nitrogens with zero attached hydrogens (tertiary/aromatic N) is 1. The van der Waals surface area contributed by atoms with E-state index in [1.165, 1.54) is 35.5 Å². The molecule has 1 N–H and O–H groups in total. The van der Waals surface area contributed by atoms with E-state index in [1.807, 2.05) is 0 Å². The van der Waals surface area contributed by atoms with Crippen molar-refractivity contribution in [3.63, 3.8) is 0 Å². The van der Waals surface area contributed by atoms with Crippen LogP contribution in [0.2, 0.25) is 0 Å². The number of halogens is 3. The van der Waals surface area contributed by atoms with Crippen molar-refractivity contribution >= 4 is 21.6 Å². The zero-order valence-corrected chi connectivity index (χ0v) is 15.1. The number of hydrogen-bond acceptors (Lipinski definition) is 4. The molecule has 2 rings (SSSR count). The summed E-state index contributed by atoms with van der Waals surface area (Å²) in [4.78, 5) is 12.0. The lowest BCUT2D eigenvalue weighted by Crippen LogP contribution is -2.35. The molecule has 0 aliphatic carbocycles. The molecule has 0 bridgehead atoms. The second kappa shape index (κ2) is 8.36. The fourth-order valence-corrected chi connectivity index (χ4v) is 4.09. The summed E-state index contributed by atoms with van der Waals surface area (Å²) in [6.07, 6.45) is -3.29. The van der Waals surface area contributed by atoms with Gasteiger partial charge in [0, 0.05) is 18.8 Å². The average molecular weight is 394 g/mol. The summed E-state index contributed by atoms with van der Waals surface area (Å²) in [5.41, 5.74) is 0.176. The third-order valence-electron chi connectivity index (χ3n) is 3.92. The maximum atomic E-state index is 12.6. The Morgan fingerprint density at radius 3 is 2.54 bits per heavy atom. The van der Waals surface area contributed by atoms with E-state index in [2.05, 4.69) is 10.1 Å². The van der Waals surface area contributed by atoms with Crippen LogP contribution in [0.4, 0.5) is 18.9 Å². The third-order valence-corrected chi connectivity index (χ3v) is 5.82. The lowest BCUT2D eigenvalue weighted by atomic mass is 10.2. The number of rotatable bonds is 6. The molecule has 0 radical (unpaired) electrons. The largest absolute Gasteiger partial charge is 0.411 e. The molecule has 1 aromatic rings. The fourth-order valence-electron chi connectivity index (χ4n) is 2.53. The van der Waals surface area contributed by atoms with Crippen molar-refractivity contribution in [3.05, 3.63) is 24.3 Å². The zero-order valence-electron chi connectivity index (χ0n) is 14.3. The van der Waals surface area contributed by atoms with E-state index >= 15 is 0 Å². The first-order valence-electron chi connectivity index (χ1n) is 8.19. The van der Waals surface area contributed by atoms with Gasteiger partial charge in [0.1, 0.15) is 12.7 Å². The Bertz CT molecular complexity index is 731. The summed E-state index contributed by atoms with van der Waals surface area (Å²) in [5, 5.41) is 2.38. The minimum atomic E-state index is -4.53. The van der Waals surface area contributed by atoms with Gasteiger partial charge in [0.05, 0.1) is 4.90 Å². The highest BCUT2D eigenvalue weighted by Gasteiger charge is 2.30. The van der Waals surface area contributed by atoms with Gasteiger partial charge in [0.15, 0.2) is 0 Å². The summed E-state index contributed by atoms with van der Waals surface area (Å²) in [5.74, 6) is -0.790. The fraction of sp³-hybridized carbons (Fsp3) is 0.562. The van der Waals surface area contributed by atoms with E-state index in [1.54, 1.807) is 0 Å². The van der Waals surface area contributed by atoms with E-state index in [0.29, 0.717) is 13.1 Å². The normalized spacial score (nSPS) is 17.7. The quantitative estimate of drug-likeness (QED) is 0.805. The first-order chi connectivity index (χ1) is 12.1. The molecule has 1 fully saturated rings. The molecular formula is C16H21F3N2O4S. The number of carbonyl (C=O) groups excluding carboxylic acids is 1. The van der Waals surface area contributed by atoms with Crippen LogP contribution in [0.3, 0.4) is 0 Å². The van der Waals surface area contributed by atoms with Crippen LogP contribution in [0.15, 0.2) is 29.2 Å². The van der Waals surface area contributed by atoms with E-state index in [-0.39, 0.29) is 10.6 Å². The molecule has 26 heavy (non-hydrogen) atoms. The van der Waals surface area contributed by atoms with Crippen LogP contribution in [-0.2, 0) is 19.6 Å². The van der Waals surface area contributed by atoms with Crippen LogP contribution >= 0.6 is 0 Å². The standard InChI is InChI=1S/C16H21F3N2O4S/c1-12(25-11-16(17,18)19)15(22)20-13-6-5-7-14(10-13)26(23,24)21-8-3-2-4-9-21/h5-7,10,12H,2-4,8-9,11H2,1H3,(H,20,22)/t12-/m1/s1. The Hall–Kier alpha value is -1.65. The van der Waals surface area contributed by atoms with Gasteiger partial charge in [-0.3, -0.25) is 4.79 Å². The predicted octanol–water partition coefficient (Wildman–Crippen LogP) is 2.77. The van der Waals surface area contributed by atoms with Crippen LogP contribution in [0.25, 0.3) is 0 Å². The van der Waals surface area contributed by atoms with Gasteiger partial charge in [0.2, 0.25) is 10.0 Å². The number of ether oxygens (including phenoxy) is 1. The average Bonchev–Trinajstić information content (AvgIpc) is 2.60. The Kier molecular flexibility index (Phi) is 6.64. The molecule has 1 saturated heterocycles. The Morgan fingerprint density at radius 2 is 1.92 bits per heavy atom. The van der Waals surface area contributed by atoms with Crippen LogP contribution in [0.1, 0.15) is 26.2 Å². The number of carbonyl (C=O) groups is 1. The third kappa shape index (κ3) is 5.68. The van der Waals surface area contributed by atoms with Crippen LogP contribution < -0.4 is 5.32 Å². The van der Waals surface area contributed by atoms with Gasteiger partial charge in [0.25, 0.3) is 5.91 Å². The number of sulfonamides is 1. The Balaban J connectivity index is 2.05. The van der Waals surface area contributed by atoms with Crippen LogP contribution in [0, 0.1) is 0 Å². The van der Waals surface area contributed by atoms with Gasteiger partial charge in [-0.25, -0.2) is 8.42 Å². The molecule has 1 aliphatic heterocycles. The number of anilines is 1. The van der Waals surface area contributed by atoms with E-state index in [9.17, 15) is 26.4 Å². The highest BCUT2D eigenvalue weighted by Crippen LogP contribution is 2.23. The number of piperidine rings is 1. The number of nitrogens with one attached hydrogen (secondary N) is 1. The molecule has 1 aliphatic rings. The highest BCUT2D eigenvalue weighted by atomic mass is 32.2. The van der Waals surface area contributed by atoms with E-state index < -0.39 is 34.8 Å². The lowest BCUT2D eigenvalue weighted by molar-refractivity contribution is -0.184. The summed E-state index contributed by atoms with van der Waals surface area (Å²) >= 11 is 0. The molecule has 1 heterocycles. The SMILES string of the molecule is C[C@@H](OCC(F)(F)F)C(=O)Nc1cccc(S(=O)(=O)N2CCCCC2)c1. The van der Waals surface area contributed by atoms with E-state index in [0.717, 1.165) is 19.3 Å². The molecule has 0 unspecified atom stereocenters. The molecule has 1 atom stereocenters. The maximum Gasteiger partial charge on any atom is 0.411 e. The Morgan fingerprint density at radius 1 is 1.27 bits per heavy atom. The molecule has 10 heteroatoms. The van der Waals surface area contributed by atoms with Crippen molar-refractivity contribution in [2.45, 2.75) is 43.4 Å². The molecule has 0 saturated carbocycles. The van der Waals surface area contributed by atoms with E-state index in [4.69, 9.17) is 0 Å². The molecule has 1 aromatic carbocycles. The van der Waals surface area contributed by atoms with Crippen molar-refractivity contribution < 1.29 is 31.1 Å². The maximum absolute atomic E-state index is 12.6. The number of hydrogen-bond donors (Lipinski definition) is 1. The highest BCUT2D eigenvalue weighted by molar-refractivity contribution is 7.89. The second-order valence-electron chi connectivity index (χ2n) is 6.05. The predicted molar refractivity (Wildman–Crippen MR) is 89.2 cm³/mol. The number of alkyl halides is 3. The monoisotopic (exact) mass is 394 g/mol. The molecule has 146 valence electrons. The molecule has 0 aromatic heterocycles. The summed E-state index contributed by atoms with van der Waals surface area (Å²) in [6, 6.07) is 5.64. The van der Waals surface area contributed by atoms with Crippen molar-refractivity contribution in [2.24, 2.45) is 0 Å². The van der Waals surface area contributed by atoms with Gasteiger partial charge in [-0.05, 0) is 38.0 Å². The summed E-state index contributed by atoms with van der Waals surface area (Å²) < 4.78 is 67.6. The zero-order chi connectivity index (χ0) is 19.4. The molecule has 6 nitrogen and oxygen atoms in total. The van der Waals surface area contributed by atoms with Crippen molar-refractivity contribution in [3.8, 4) is 0 Å². The first kappa shape index (κ1) is 20.7. The summed E-state index contributed by atoms with van der Waals surface area (Å²) in [6.45, 7) is 0.544. The molecule has 0 spiro atoms. The smallest absolute Gasteiger partial charge is 0.359 e. The minimum Gasteiger partial charge on any atom is -0.359 e. The van der Waals surface area contributed by atoms with Gasteiger partial charge in [-0.1, -0.05) is 12.5 Å². The van der Waals surface area contributed by atoms with Crippen LogP contribution in [-0.4, -0.2) is 50.6 Å². The minimum absolute atomic E-state index is 0.0288. The lowest BCUT2D eigenvalue weighted by Gasteiger charge is -2.26. The van der Waals surface area contributed by atoms with Gasteiger partial charge in [-0.2, -0.15) is 17.5 Å².